The number of carbonyl (C=O) groups is 1. The van der Waals surface area contributed by atoms with Crippen LogP contribution in [0.15, 0.2) is 30.5 Å². The topological polar surface area (TPSA) is 56.2 Å². The fraction of sp³-hybridized carbons (Fsp3) is 0.167. The number of ether oxygens (including phenoxy) is 1. The van der Waals surface area contributed by atoms with E-state index >= 15 is 0 Å². The maximum atomic E-state index is 12.3. The van der Waals surface area contributed by atoms with E-state index in [0.717, 1.165) is 0 Å². The largest absolute Gasteiger partial charge is 0.433 e. The lowest BCUT2D eigenvalue weighted by molar-refractivity contribution is -0.0493. The minimum absolute atomic E-state index is 0.0956. The van der Waals surface area contributed by atoms with Gasteiger partial charge in [-0.2, -0.15) is 13.9 Å². The fourth-order valence-electron chi connectivity index (χ4n) is 1.56. The van der Waals surface area contributed by atoms with Crippen LogP contribution in [0.5, 0.6) is 5.75 Å². The zero-order chi connectivity index (χ0) is 14.7. The van der Waals surface area contributed by atoms with Gasteiger partial charge in [-0.25, -0.2) is 0 Å². The molecule has 0 fully saturated rings. The molecular formula is C12H10F2IN3O2. The summed E-state index contributed by atoms with van der Waals surface area (Å²) in [5, 5.41) is 6.51. The third-order valence-electron chi connectivity index (χ3n) is 2.35. The van der Waals surface area contributed by atoms with Crippen LogP contribution in [0, 0.1) is 3.57 Å². The van der Waals surface area contributed by atoms with Crippen LogP contribution < -0.4 is 10.1 Å². The smallest absolute Gasteiger partial charge is 0.387 e. The van der Waals surface area contributed by atoms with Crippen LogP contribution in [0.4, 0.5) is 14.5 Å². The lowest BCUT2D eigenvalue weighted by atomic mass is 10.3. The summed E-state index contributed by atoms with van der Waals surface area (Å²) in [6, 6.07) is 5.98. The van der Waals surface area contributed by atoms with E-state index in [-0.39, 0.29) is 17.1 Å². The van der Waals surface area contributed by atoms with Crippen molar-refractivity contribution in [1.82, 2.24) is 9.78 Å². The third kappa shape index (κ3) is 3.44. The van der Waals surface area contributed by atoms with Gasteiger partial charge in [-0.1, -0.05) is 12.1 Å². The Morgan fingerprint density at radius 3 is 2.75 bits per heavy atom. The Morgan fingerprint density at radius 2 is 2.15 bits per heavy atom. The SMILES string of the molecule is Cn1cc(I)c(C(=O)Nc2ccccc2OC(F)F)n1. The summed E-state index contributed by atoms with van der Waals surface area (Å²) in [5.74, 6) is -0.581. The lowest BCUT2D eigenvalue weighted by Gasteiger charge is -2.10. The molecule has 0 aliphatic rings. The molecule has 1 aromatic heterocycles. The van der Waals surface area contributed by atoms with Gasteiger partial charge < -0.3 is 10.1 Å². The minimum atomic E-state index is -2.96. The molecule has 0 saturated carbocycles. The van der Waals surface area contributed by atoms with E-state index in [9.17, 15) is 13.6 Å². The standard InChI is InChI=1S/C12H10F2IN3O2/c1-18-6-7(15)10(17-18)11(19)16-8-4-2-3-5-9(8)20-12(13)14/h2-6,12H,1H3,(H,16,19). The van der Waals surface area contributed by atoms with Crippen LogP contribution in [-0.4, -0.2) is 22.3 Å². The summed E-state index contributed by atoms with van der Waals surface area (Å²) in [7, 11) is 1.69. The number of aromatic nitrogens is 2. The Hall–Kier alpha value is -1.71. The summed E-state index contributed by atoms with van der Waals surface area (Å²) < 4.78 is 31.1. The summed E-state index contributed by atoms with van der Waals surface area (Å²) in [5.41, 5.74) is 0.388. The van der Waals surface area contributed by atoms with Crippen LogP contribution in [0.2, 0.25) is 0 Å². The predicted molar refractivity (Wildman–Crippen MR) is 77.0 cm³/mol. The number of carbonyl (C=O) groups excluding carboxylic acids is 1. The maximum Gasteiger partial charge on any atom is 0.387 e. The third-order valence-corrected chi connectivity index (χ3v) is 3.14. The second-order valence-corrected chi connectivity index (χ2v) is 4.99. The number of anilines is 1. The van der Waals surface area contributed by atoms with E-state index in [1.54, 1.807) is 19.3 Å². The molecule has 8 heteroatoms. The van der Waals surface area contributed by atoms with E-state index in [1.807, 2.05) is 22.6 Å². The molecule has 5 nitrogen and oxygen atoms in total. The Labute approximate surface area is 127 Å². The number of benzene rings is 1. The van der Waals surface area contributed by atoms with Gasteiger partial charge in [-0.05, 0) is 34.7 Å². The number of hydrogen-bond donors (Lipinski definition) is 1. The van der Waals surface area contributed by atoms with Crippen molar-refractivity contribution in [3.63, 3.8) is 0 Å². The number of nitrogens with zero attached hydrogens (tertiary/aromatic N) is 2. The van der Waals surface area contributed by atoms with Gasteiger partial charge in [0.05, 0.1) is 9.26 Å². The number of amides is 1. The molecule has 2 aromatic rings. The van der Waals surface area contributed by atoms with Crippen LogP contribution in [0.1, 0.15) is 10.5 Å². The van der Waals surface area contributed by atoms with Gasteiger partial charge in [-0.3, -0.25) is 9.48 Å². The fourth-order valence-corrected chi connectivity index (χ4v) is 2.32. The molecule has 1 amide bonds. The molecule has 0 spiro atoms. The minimum Gasteiger partial charge on any atom is -0.433 e. The van der Waals surface area contributed by atoms with Crippen molar-refractivity contribution in [2.45, 2.75) is 6.61 Å². The highest BCUT2D eigenvalue weighted by Gasteiger charge is 2.17. The van der Waals surface area contributed by atoms with Gasteiger partial charge >= 0.3 is 6.61 Å². The molecule has 0 unspecified atom stereocenters. The molecule has 1 N–H and O–H groups in total. The maximum absolute atomic E-state index is 12.3. The molecule has 20 heavy (non-hydrogen) atoms. The van der Waals surface area contributed by atoms with Crippen molar-refractivity contribution in [1.29, 1.82) is 0 Å². The highest BCUT2D eigenvalue weighted by atomic mass is 127. The number of nitrogens with one attached hydrogen (secondary N) is 1. The van der Waals surface area contributed by atoms with E-state index in [0.29, 0.717) is 3.57 Å². The average Bonchev–Trinajstić information content (AvgIpc) is 2.70. The number of para-hydroxylation sites is 2. The Balaban J connectivity index is 2.22. The molecule has 106 valence electrons. The molecule has 0 radical (unpaired) electrons. The number of aryl methyl sites for hydroxylation is 1. The van der Waals surface area contributed by atoms with Gasteiger partial charge in [0.15, 0.2) is 5.69 Å². The average molecular weight is 393 g/mol. The van der Waals surface area contributed by atoms with Crippen molar-refractivity contribution < 1.29 is 18.3 Å². The lowest BCUT2D eigenvalue weighted by Crippen LogP contribution is -2.15. The van der Waals surface area contributed by atoms with E-state index in [2.05, 4.69) is 15.2 Å². The molecule has 1 aromatic carbocycles. The van der Waals surface area contributed by atoms with Gasteiger partial charge in [0.2, 0.25) is 0 Å². The predicted octanol–water partition coefficient (Wildman–Crippen LogP) is 2.88. The normalized spacial score (nSPS) is 10.7. The number of rotatable bonds is 4. The molecule has 1 heterocycles. The summed E-state index contributed by atoms with van der Waals surface area (Å²) in [4.78, 5) is 12.1. The van der Waals surface area contributed by atoms with Crippen LogP contribution >= 0.6 is 22.6 Å². The first-order valence-electron chi connectivity index (χ1n) is 5.51. The first kappa shape index (κ1) is 14.7. The summed E-state index contributed by atoms with van der Waals surface area (Å²) >= 11 is 1.97. The van der Waals surface area contributed by atoms with Gasteiger partial charge in [0, 0.05) is 13.2 Å². The quantitative estimate of drug-likeness (QED) is 0.814. The van der Waals surface area contributed by atoms with E-state index < -0.39 is 12.5 Å². The van der Waals surface area contributed by atoms with E-state index in [1.165, 1.54) is 22.9 Å². The number of hydrogen-bond acceptors (Lipinski definition) is 3. The first-order chi connectivity index (χ1) is 9.47. The number of halogens is 3. The molecule has 0 saturated heterocycles. The van der Waals surface area contributed by atoms with Crippen LogP contribution in [-0.2, 0) is 7.05 Å². The van der Waals surface area contributed by atoms with Crippen molar-refractivity contribution in [2.24, 2.45) is 7.05 Å². The summed E-state index contributed by atoms with van der Waals surface area (Å²) in [6.07, 6.45) is 1.68. The van der Waals surface area contributed by atoms with Gasteiger partial charge in [0.1, 0.15) is 5.75 Å². The van der Waals surface area contributed by atoms with Crippen LogP contribution in [0.3, 0.4) is 0 Å². The molecule has 0 bridgehead atoms. The highest BCUT2D eigenvalue weighted by molar-refractivity contribution is 14.1. The highest BCUT2D eigenvalue weighted by Crippen LogP contribution is 2.26. The van der Waals surface area contributed by atoms with Crippen molar-refractivity contribution in [3.8, 4) is 5.75 Å². The zero-order valence-corrected chi connectivity index (χ0v) is 12.5. The van der Waals surface area contributed by atoms with E-state index in [4.69, 9.17) is 0 Å². The van der Waals surface area contributed by atoms with Crippen molar-refractivity contribution >= 4 is 34.2 Å². The van der Waals surface area contributed by atoms with Crippen LogP contribution in [0.25, 0.3) is 0 Å². The van der Waals surface area contributed by atoms with Crippen molar-refractivity contribution in [3.05, 3.63) is 39.7 Å². The Kier molecular flexibility index (Phi) is 4.53. The molecule has 0 aliphatic carbocycles. The molecule has 2 rings (SSSR count). The Morgan fingerprint density at radius 1 is 1.45 bits per heavy atom. The second-order valence-electron chi connectivity index (χ2n) is 3.83. The summed E-state index contributed by atoms with van der Waals surface area (Å²) in [6.45, 7) is -2.96. The van der Waals surface area contributed by atoms with Crippen molar-refractivity contribution in [2.75, 3.05) is 5.32 Å². The monoisotopic (exact) mass is 393 g/mol. The number of alkyl halides is 2. The molecular weight excluding hydrogens is 383 g/mol. The molecule has 0 aliphatic heterocycles. The zero-order valence-electron chi connectivity index (χ0n) is 10.3. The second kappa shape index (κ2) is 6.16. The first-order valence-corrected chi connectivity index (χ1v) is 6.59. The molecule has 0 atom stereocenters. The van der Waals surface area contributed by atoms with Gasteiger partial charge in [-0.15, -0.1) is 0 Å². The Bertz CT molecular complexity index is 631. The van der Waals surface area contributed by atoms with Gasteiger partial charge in [0.25, 0.3) is 5.91 Å².